The van der Waals surface area contributed by atoms with E-state index in [2.05, 4.69) is 0 Å². The van der Waals surface area contributed by atoms with Gasteiger partial charge in [-0.15, -0.1) is 0 Å². The van der Waals surface area contributed by atoms with Crippen LogP contribution in [0.5, 0.6) is 0 Å². The van der Waals surface area contributed by atoms with Crippen LogP contribution in [0, 0.1) is 38.9 Å². The van der Waals surface area contributed by atoms with Crippen molar-refractivity contribution in [1.82, 2.24) is 0 Å². The van der Waals surface area contributed by atoms with Crippen LogP contribution < -0.4 is 0 Å². The smallest absolute Gasteiger partial charge is 0.136 e. The average Bonchev–Trinajstić information content (AvgIpc) is 2.81. The van der Waals surface area contributed by atoms with E-state index in [9.17, 15) is 47.9 Å². The molecule has 0 aromatic heterocycles. The summed E-state index contributed by atoms with van der Waals surface area (Å²) >= 11 is 0. The number of hydrogen-bond acceptors (Lipinski definition) is 10. The molecule has 0 aliphatic heterocycles. The normalized spacial score (nSPS) is 28.9. The third kappa shape index (κ3) is 2.03. The van der Waals surface area contributed by atoms with Crippen LogP contribution in [0.15, 0.2) is 0 Å². The topological polar surface area (TPSA) is 171 Å². The Morgan fingerprint density at radius 3 is 1.23 bits per heavy atom. The van der Waals surface area contributed by atoms with E-state index in [4.69, 9.17) is 0 Å². The van der Waals surface area contributed by atoms with E-state index in [0.717, 1.165) is 0 Å². The number of hydrogen-bond donors (Lipinski definition) is 0. The van der Waals surface area contributed by atoms with Gasteiger partial charge in [-0.1, -0.05) is 6.42 Å². The minimum absolute atomic E-state index is 0.0544. The van der Waals surface area contributed by atoms with Crippen LogP contribution >= 0.6 is 0 Å². The van der Waals surface area contributed by atoms with Crippen molar-refractivity contribution in [3.63, 3.8) is 0 Å². The average molecular weight is 418 g/mol. The lowest BCUT2D eigenvalue weighted by atomic mass is 9.30. The minimum Gasteiger partial charge on any atom is -0.302 e. The Labute approximate surface area is 169 Å². The third-order valence-corrected chi connectivity index (χ3v) is 7.31. The molecule has 0 heterocycles. The van der Waals surface area contributed by atoms with Crippen LogP contribution in [-0.2, 0) is 47.9 Å². The number of carbonyl (C=O) groups excluding carboxylic acids is 10. The zero-order valence-electron chi connectivity index (χ0n) is 15.6. The molecule has 2 atom stereocenters. The predicted octanol–water partition coefficient (Wildman–Crippen LogP) is -1.66. The molecule has 0 amide bonds. The molecule has 2 fully saturated rings. The lowest BCUT2D eigenvalue weighted by Gasteiger charge is -2.65. The van der Waals surface area contributed by atoms with E-state index < -0.39 is 38.9 Å². The number of rotatable bonds is 10. The Hall–Kier alpha value is -3.30. The second-order valence-electron chi connectivity index (χ2n) is 7.87. The molecule has 30 heavy (non-hydrogen) atoms. The summed E-state index contributed by atoms with van der Waals surface area (Å²) < 4.78 is 0. The van der Waals surface area contributed by atoms with E-state index in [1.54, 1.807) is 0 Å². The highest BCUT2D eigenvalue weighted by Gasteiger charge is 2.83. The molecule has 10 heteroatoms. The third-order valence-electron chi connectivity index (χ3n) is 7.31. The molecule has 0 aromatic rings. The van der Waals surface area contributed by atoms with Crippen molar-refractivity contribution in [1.29, 1.82) is 0 Å². The maximum atomic E-state index is 12.3. The molecule has 2 rings (SSSR count). The molecule has 2 unspecified atom stereocenters. The molecule has 2 aliphatic carbocycles. The quantitative estimate of drug-likeness (QED) is 0.295. The summed E-state index contributed by atoms with van der Waals surface area (Å²) in [4.78, 5) is 122. The molecular formula is C20H18O10. The fourth-order valence-corrected chi connectivity index (χ4v) is 5.81. The fraction of sp³-hybridized carbons (Fsp3) is 0.500. The van der Waals surface area contributed by atoms with Gasteiger partial charge in [-0.05, 0) is 18.8 Å². The molecule has 158 valence electrons. The summed E-state index contributed by atoms with van der Waals surface area (Å²) in [6.07, 6.45) is -1.67. The van der Waals surface area contributed by atoms with Gasteiger partial charge in [0.1, 0.15) is 84.5 Å². The van der Waals surface area contributed by atoms with Crippen molar-refractivity contribution in [2.75, 3.05) is 0 Å². The van der Waals surface area contributed by atoms with Gasteiger partial charge >= 0.3 is 0 Å². The molecule has 2 saturated carbocycles. The Bertz CT molecular complexity index is 801. The monoisotopic (exact) mass is 418 g/mol. The van der Waals surface area contributed by atoms with Crippen LogP contribution in [0.4, 0.5) is 0 Å². The summed E-state index contributed by atoms with van der Waals surface area (Å²) in [6.45, 7) is 0. The Morgan fingerprint density at radius 2 is 0.900 bits per heavy atom. The standard InChI is InChI=1S/C20H18O10/c21-4-16(5-22)3-1-2-14-15(16)18(8-25,9-26)20(12-29,13-30)19(10-27,11-28)17(14,6-23)7-24/h4-15H,1-3H2. The zero-order valence-corrected chi connectivity index (χ0v) is 15.6. The first-order chi connectivity index (χ1) is 14.3. The van der Waals surface area contributed by atoms with E-state index in [0.29, 0.717) is 0 Å². The van der Waals surface area contributed by atoms with Gasteiger partial charge in [-0.2, -0.15) is 0 Å². The summed E-state index contributed by atoms with van der Waals surface area (Å²) in [5.74, 6) is -3.32. The van der Waals surface area contributed by atoms with Crippen LogP contribution in [-0.4, -0.2) is 62.9 Å². The summed E-state index contributed by atoms with van der Waals surface area (Å²) in [5, 5.41) is 0. The predicted molar refractivity (Wildman–Crippen MR) is 93.6 cm³/mol. The minimum atomic E-state index is -3.15. The SMILES string of the molecule is O=CC1(C=O)CCCC2C1C(C=O)(C=O)C(C=O)(C=O)C(C=O)(C=O)C2(C=O)C=O. The van der Waals surface area contributed by atoms with Gasteiger partial charge in [0, 0.05) is 5.92 Å². The van der Waals surface area contributed by atoms with E-state index >= 15 is 0 Å². The van der Waals surface area contributed by atoms with Crippen molar-refractivity contribution < 1.29 is 47.9 Å². The van der Waals surface area contributed by atoms with Gasteiger partial charge < -0.3 is 47.9 Å². The molecule has 0 radical (unpaired) electrons. The first-order valence-electron chi connectivity index (χ1n) is 8.95. The van der Waals surface area contributed by atoms with Gasteiger partial charge in [-0.3, -0.25) is 0 Å². The summed E-state index contributed by atoms with van der Waals surface area (Å²) in [6, 6.07) is 0. The largest absolute Gasteiger partial charge is 0.302 e. The number of aldehydes is 10. The lowest BCUT2D eigenvalue weighted by molar-refractivity contribution is -0.218. The van der Waals surface area contributed by atoms with E-state index in [1.165, 1.54) is 0 Å². The van der Waals surface area contributed by atoms with Crippen LogP contribution in [0.1, 0.15) is 19.3 Å². The fourth-order valence-electron chi connectivity index (χ4n) is 5.81. The highest BCUT2D eigenvalue weighted by atomic mass is 16.2. The van der Waals surface area contributed by atoms with Crippen LogP contribution in [0.2, 0.25) is 0 Å². The number of carbonyl (C=O) groups is 10. The van der Waals surface area contributed by atoms with Crippen molar-refractivity contribution in [3.8, 4) is 0 Å². The van der Waals surface area contributed by atoms with Crippen molar-refractivity contribution in [2.24, 2.45) is 38.9 Å². The van der Waals surface area contributed by atoms with Gasteiger partial charge in [0.2, 0.25) is 0 Å². The molecule has 0 N–H and O–H groups in total. The van der Waals surface area contributed by atoms with Gasteiger partial charge in [-0.25, -0.2) is 0 Å². The highest BCUT2D eigenvalue weighted by Crippen LogP contribution is 2.71. The first kappa shape index (κ1) is 23.0. The summed E-state index contributed by atoms with van der Waals surface area (Å²) in [7, 11) is 0. The van der Waals surface area contributed by atoms with Gasteiger partial charge in [0.25, 0.3) is 0 Å². The zero-order chi connectivity index (χ0) is 22.8. The molecule has 10 nitrogen and oxygen atoms in total. The van der Waals surface area contributed by atoms with Crippen molar-refractivity contribution in [3.05, 3.63) is 0 Å². The van der Waals surface area contributed by atoms with E-state index in [1.807, 2.05) is 0 Å². The molecule has 0 bridgehead atoms. The van der Waals surface area contributed by atoms with E-state index in [-0.39, 0.29) is 82.1 Å². The Balaban J connectivity index is 3.27. The molecular weight excluding hydrogens is 400 g/mol. The molecule has 2 aliphatic rings. The highest BCUT2D eigenvalue weighted by molar-refractivity contribution is 6.14. The second kappa shape index (κ2) is 7.51. The van der Waals surface area contributed by atoms with Crippen molar-refractivity contribution >= 4 is 62.9 Å². The molecule has 0 aromatic carbocycles. The van der Waals surface area contributed by atoms with Crippen LogP contribution in [0.3, 0.4) is 0 Å². The van der Waals surface area contributed by atoms with Crippen molar-refractivity contribution in [2.45, 2.75) is 19.3 Å². The lowest BCUT2D eigenvalue weighted by Crippen LogP contribution is -2.78. The maximum absolute atomic E-state index is 12.3. The summed E-state index contributed by atoms with van der Waals surface area (Å²) in [5.41, 5.74) is -13.9. The van der Waals surface area contributed by atoms with Gasteiger partial charge in [0.05, 0.1) is 5.41 Å². The maximum Gasteiger partial charge on any atom is 0.136 e. The second-order valence-corrected chi connectivity index (χ2v) is 7.87. The van der Waals surface area contributed by atoms with Gasteiger partial charge in [0.15, 0.2) is 0 Å². The van der Waals surface area contributed by atoms with Crippen LogP contribution in [0.25, 0.3) is 0 Å². The molecule has 0 spiro atoms. The first-order valence-corrected chi connectivity index (χ1v) is 8.95. The molecule has 0 saturated heterocycles. The Morgan fingerprint density at radius 1 is 0.500 bits per heavy atom. The number of fused-ring (bicyclic) bond motifs is 1. The Kier molecular flexibility index (Phi) is 5.75.